The minimum absolute atomic E-state index is 0.0154. The van der Waals surface area contributed by atoms with E-state index >= 15 is 0 Å². The topological polar surface area (TPSA) is 128 Å². The second kappa shape index (κ2) is 8.93. The molecule has 180 valence electrons. The predicted molar refractivity (Wildman–Crippen MR) is 126 cm³/mol. The zero-order valence-corrected chi connectivity index (χ0v) is 19.7. The summed E-state index contributed by atoms with van der Waals surface area (Å²) in [7, 11) is -1.17. The van der Waals surface area contributed by atoms with Gasteiger partial charge in [-0.25, -0.2) is 13.2 Å². The minimum atomic E-state index is -4.30. The van der Waals surface area contributed by atoms with Crippen molar-refractivity contribution in [3.05, 3.63) is 63.1 Å². The van der Waals surface area contributed by atoms with Crippen molar-refractivity contribution in [1.82, 2.24) is 14.0 Å². The van der Waals surface area contributed by atoms with Crippen molar-refractivity contribution < 1.29 is 18.1 Å². The third-order valence-corrected chi connectivity index (χ3v) is 7.92. The van der Waals surface area contributed by atoms with E-state index in [-0.39, 0.29) is 27.9 Å². The zero-order chi connectivity index (χ0) is 24.6. The summed E-state index contributed by atoms with van der Waals surface area (Å²) in [4.78, 5) is 37.5. The molecule has 2 heterocycles. The van der Waals surface area contributed by atoms with E-state index in [2.05, 4.69) is 0 Å². The molecule has 1 aromatic heterocycles. The SMILES string of the molecule is Cn1c(=O)n(C)c2cc(S(=O)(=O)N(CC(=O)N3CCCCC3)c3cccc([N+](=O)[O-])c3)ccc21. The van der Waals surface area contributed by atoms with E-state index in [4.69, 9.17) is 0 Å². The Balaban J connectivity index is 1.81. The molecular weight excluding hydrogens is 462 g/mol. The molecule has 34 heavy (non-hydrogen) atoms. The standard InChI is InChI=1S/C22H25N5O6S/c1-23-19-10-9-18(14-20(19)24(2)22(23)29)34(32,33)26(15-21(28)25-11-4-3-5-12-25)16-7-6-8-17(13-16)27(30)31/h6-10,13-14H,3-5,11-12,15H2,1-2H3. The third-order valence-electron chi connectivity index (χ3n) is 6.15. The van der Waals surface area contributed by atoms with Crippen LogP contribution in [-0.4, -0.2) is 52.9 Å². The number of aryl methyl sites for hydroxylation is 2. The van der Waals surface area contributed by atoms with E-state index in [1.54, 1.807) is 19.0 Å². The Hall–Kier alpha value is -3.67. The summed E-state index contributed by atoms with van der Waals surface area (Å²) in [6.45, 7) is 0.592. The van der Waals surface area contributed by atoms with Crippen LogP contribution in [0.15, 0.2) is 52.2 Å². The maximum Gasteiger partial charge on any atom is 0.328 e. The second-order valence-electron chi connectivity index (χ2n) is 8.28. The Labute approximate surface area is 196 Å². The first-order valence-electron chi connectivity index (χ1n) is 10.8. The monoisotopic (exact) mass is 487 g/mol. The highest BCUT2D eigenvalue weighted by Crippen LogP contribution is 2.29. The van der Waals surface area contributed by atoms with Crippen LogP contribution >= 0.6 is 0 Å². The lowest BCUT2D eigenvalue weighted by atomic mass is 10.1. The van der Waals surface area contributed by atoms with Gasteiger partial charge in [0.25, 0.3) is 15.7 Å². The van der Waals surface area contributed by atoms with Gasteiger partial charge in [0.1, 0.15) is 6.54 Å². The van der Waals surface area contributed by atoms with Crippen LogP contribution in [0.25, 0.3) is 11.0 Å². The molecule has 0 atom stereocenters. The molecule has 0 radical (unpaired) electrons. The number of amides is 1. The first-order chi connectivity index (χ1) is 16.1. The fourth-order valence-electron chi connectivity index (χ4n) is 4.22. The molecular formula is C22H25N5O6S. The summed E-state index contributed by atoms with van der Waals surface area (Å²) in [5.41, 5.74) is 0.388. The fraction of sp³-hybridized carbons (Fsp3) is 0.364. The molecule has 12 heteroatoms. The average Bonchev–Trinajstić information content (AvgIpc) is 3.06. The maximum atomic E-state index is 13.8. The Morgan fingerprint density at radius 2 is 1.71 bits per heavy atom. The highest BCUT2D eigenvalue weighted by atomic mass is 32.2. The minimum Gasteiger partial charge on any atom is -0.341 e. The van der Waals surface area contributed by atoms with Crippen molar-refractivity contribution in [3.8, 4) is 0 Å². The lowest BCUT2D eigenvalue weighted by Gasteiger charge is -2.30. The van der Waals surface area contributed by atoms with Crippen LogP contribution in [-0.2, 0) is 28.9 Å². The number of hydrogen-bond donors (Lipinski definition) is 0. The first kappa shape index (κ1) is 23.5. The van der Waals surface area contributed by atoms with Crippen molar-refractivity contribution >= 4 is 38.3 Å². The van der Waals surface area contributed by atoms with Crippen molar-refractivity contribution in [2.75, 3.05) is 23.9 Å². The van der Waals surface area contributed by atoms with Gasteiger partial charge in [-0.3, -0.25) is 28.3 Å². The van der Waals surface area contributed by atoms with E-state index in [0.717, 1.165) is 29.6 Å². The van der Waals surface area contributed by atoms with Crippen molar-refractivity contribution in [2.45, 2.75) is 24.2 Å². The molecule has 0 unspecified atom stereocenters. The van der Waals surface area contributed by atoms with Crippen molar-refractivity contribution in [3.63, 3.8) is 0 Å². The van der Waals surface area contributed by atoms with Gasteiger partial charge in [-0.05, 0) is 43.5 Å². The molecule has 0 N–H and O–H groups in total. The van der Waals surface area contributed by atoms with E-state index < -0.39 is 21.5 Å². The molecule has 1 saturated heterocycles. The molecule has 3 aromatic rings. The number of carbonyl (C=O) groups is 1. The number of imidazole rings is 1. The normalized spacial score (nSPS) is 14.4. The summed E-state index contributed by atoms with van der Waals surface area (Å²) in [5, 5.41) is 11.3. The van der Waals surface area contributed by atoms with Gasteiger partial charge in [0.2, 0.25) is 5.91 Å². The molecule has 11 nitrogen and oxygen atoms in total. The number of rotatable bonds is 6. The van der Waals surface area contributed by atoms with Gasteiger partial charge >= 0.3 is 5.69 Å². The number of piperidine rings is 1. The number of nitrogens with zero attached hydrogens (tertiary/aromatic N) is 5. The maximum absolute atomic E-state index is 13.8. The molecule has 1 fully saturated rings. The van der Waals surface area contributed by atoms with Gasteiger partial charge < -0.3 is 4.90 Å². The number of likely N-dealkylation sites (tertiary alicyclic amines) is 1. The number of anilines is 1. The average molecular weight is 488 g/mol. The number of non-ortho nitro benzene ring substituents is 1. The molecule has 2 aromatic carbocycles. The summed E-state index contributed by atoms with van der Waals surface area (Å²) in [6, 6.07) is 9.47. The molecule has 4 rings (SSSR count). The van der Waals surface area contributed by atoms with Gasteiger partial charge in [-0.2, -0.15) is 0 Å². The van der Waals surface area contributed by atoms with Crippen LogP contribution in [0.2, 0.25) is 0 Å². The Morgan fingerprint density at radius 1 is 1.03 bits per heavy atom. The smallest absolute Gasteiger partial charge is 0.328 e. The summed E-state index contributed by atoms with van der Waals surface area (Å²) in [5.74, 6) is -0.372. The van der Waals surface area contributed by atoms with Crippen LogP contribution in [0.4, 0.5) is 11.4 Å². The number of sulfonamides is 1. The van der Waals surface area contributed by atoms with Crippen molar-refractivity contribution in [2.24, 2.45) is 14.1 Å². The van der Waals surface area contributed by atoms with E-state index in [1.165, 1.54) is 45.5 Å². The summed E-state index contributed by atoms with van der Waals surface area (Å²) in [6.07, 6.45) is 2.69. The number of benzene rings is 2. The fourth-order valence-corrected chi connectivity index (χ4v) is 5.64. The first-order valence-corrected chi connectivity index (χ1v) is 12.3. The Kier molecular flexibility index (Phi) is 6.17. The third kappa shape index (κ3) is 4.16. The second-order valence-corrected chi connectivity index (χ2v) is 10.1. The zero-order valence-electron chi connectivity index (χ0n) is 18.9. The highest BCUT2D eigenvalue weighted by molar-refractivity contribution is 7.92. The van der Waals surface area contributed by atoms with E-state index in [0.29, 0.717) is 24.1 Å². The largest absolute Gasteiger partial charge is 0.341 e. The van der Waals surface area contributed by atoms with Crippen LogP contribution in [0.1, 0.15) is 19.3 Å². The predicted octanol–water partition coefficient (Wildman–Crippen LogP) is 1.99. The Morgan fingerprint density at radius 3 is 2.38 bits per heavy atom. The van der Waals surface area contributed by atoms with Crippen LogP contribution < -0.4 is 9.99 Å². The quantitative estimate of drug-likeness (QED) is 0.386. The summed E-state index contributed by atoms with van der Waals surface area (Å²) >= 11 is 0. The van der Waals surface area contributed by atoms with Crippen LogP contribution in [0.3, 0.4) is 0 Å². The van der Waals surface area contributed by atoms with Crippen LogP contribution in [0.5, 0.6) is 0 Å². The van der Waals surface area contributed by atoms with Crippen LogP contribution in [0, 0.1) is 10.1 Å². The number of hydrogen-bond acceptors (Lipinski definition) is 6. The van der Waals surface area contributed by atoms with E-state index in [1.807, 2.05) is 0 Å². The molecule has 1 aliphatic heterocycles. The molecule has 0 spiro atoms. The van der Waals surface area contributed by atoms with Gasteiger partial charge in [-0.1, -0.05) is 6.07 Å². The van der Waals surface area contributed by atoms with Gasteiger partial charge in [0.05, 0.1) is 26.5 Å². The number of nitro benzene ring substituents is 1. The van der Waals surface area contributed by atoms with Crippen molar-refractivity contribution in [1.29, 1.82) is 0 Å². The van der Waals surface area contributed by atoms with Gasteiger partial charge in [0, 0.05) is 39.3 Å². The molecule has 0 bridgehead atoms. The number of aromatic nitrogens is 2. The molecule has 1 aliphatic rings. The molecule has 0 saturated carbocycles. The number of fused-ring (bicyclic) bond motifs is 1. The number of carbonyl (C=O) groups excluding carboxylic acids is 1. The lowest BCUT2D eigenvalue weighted by Crippen LogP contribution is -2.44. The van der Waals surface area contributed by atoms with Gasteiger partial charge in [0.15, 0.2) is 0 Å². The number of nitro groups is 1. The summed E-state index contributed by atoms with van der Waals surface area (Å²) < 4.78 is 31.2. The van der Waals surface area contributed by atoms with E-state index in [9.17, 15) is 28.1 Å². The lowest BCUT2D eigenvalue weighted by molar-refractivity contribution is -0.384. The van der Waals surface area contributed by atoms with Gasteiger partial charge in [-0.15, -0.1) is 0 Å². The Bertz CT molecular complexity index is 1440. The molecule has 1 amide bonds. The highest BCUT2D eigenvalue weighted by Gasteiger charge is 2.31. The molecule has 0 aliphatic carbocycles.